The topological polar surface area (TPSA) is 104 Å². The fourth-order valence-corrected chi connectivity index (χ4v) is 2.65. The SMILES string of the molecule is COc1cc(F)cc(Oc2cc(C(F)(F)F)ccc2C(=O)Nc2ccnc(C(N)=O)c2)c1. The highest BCUT2D eigenvalue weighted by molar-refractivity contribution is 6.06. The minimum Gasteiger partial charge on any atom is -0.497 e. The molecule has 2 amide bonds. The zero-order chi connectivity index (χ0) is 23.5. The van der Waals surface area contributed by atoms with Crippen molar-refractivity contribution in [1.29, 1.82) is 0 Å². The van der Waals surface area contributed by atoms with Crippen LogP contribution >= 0.6 is 0 Å². The zero-order valence-electron chi connectivity index (χ0n) is 16.4. The predicted molar refractivity (Wildman–Crippen MR) is 105 cm³/mol. The molecule has 0 unspecified atom stereocenters. The van der Waals surface area contributed by atoms with Gasteiger partial charge in [-0.1, -0.05) is 0 Å². The second kappa shape index (κ2) is 8.92. The first-order valence-corrected chi connectivity index (χ1v) is 8.87. The van der Waals surface area contributed by atoms with Gasteiger partial charge in [0.1, 0.15) is 28.8 Å². The molecule has 2 aromatic carbocycles. The standard InChI is InChI=1S/C21H15F4N3O4/c1-31-14-7-12(22)8-15(10-14)32-18-6-11(21(23,24)25)2-3-16(18)20(30)28-13-4-5-27-17(9-13)19(26)29/h2-10H,1H3,(H2,26,29)(H,27,28,30). The summed E-state index contributed by atoms with van der Waals surface area (Å²) in [5.74, 6) is -3.04. The van der Waals surface area contributed by atoms with Gasteiger partial charge >= 0.3 is 6.18 Å². The van der Waals surface area contributed by atoms with Crippen LogP contribution in [0.5, 0.6) is 17.2 Å². The van der Waals surface area contributed by atoms with Crippen molar-refractivity contribution in [3.63, 3.8) is 0 Å². The van der Waals surface area contributed by atoms with E-state index in [-0.39, 0.29) is 28.4 Å². The lowest BCUT2D eigenvalue weighted by molar-refractivity contribution is -0.137. The first kappa shape index (κ1) is 22.5. The number of nitrogens with zero attached hydrogens (tertiary/aromatic N) is 1. The van der Waals surface area contributed by atoms with Gasteiger partial charge in [0.2, 0.25) is 0 Å². The molecule has 0 aliphatic carbocycles. The number of carbonyl (C=O) groups is 2. The molecular formula is C21H15F4N3O4. The monoisotopic (exact) mass is 449 g/mol. The van der Waals surface area contributed by atoms with Crippen LogP contribution in [0.2, 0.25) is 0 Å². The van der Waals surface area contributed by atoms with Crippen molar-refractivity contribution >= 4 is 17.5 Å². The maximum atomic E-state index is 13.8. The molecule has 166 valence electrons. The number of anilines is 1. The van der Waals surface area contributed by atoms with Gasteiger partial charge in [-0.15, -0.1) is 0 Å². The van der Waals surface area contributed by atoms with Crippen molar-refractivity contribution in [3.05, 3.63) is 77.4 Å². The molecule has 0 saturated heterocycles. The second-order valence-electron chi connectivity index (χ2n) is 6.39. The third-order valence-electron chi connectivity index (χ3n) is 4.13. The van der Waals surface area contributed by atoms with E-state index < -0.39 is 35.1 Å². The first-order valence-electron chi connectivity index (χ1n) is 8.87. The molecule has 1 aromatic heterocycles. The van der Waals surface area contributed by atoms with Crippen LogP contribution in [0, 0.1) is 5.82 Å². The lowest BCUT2D eigenvalue weighted by Gasteiger charge is -2.15. The molecule has 0 radical (unpaired) electrons. The summed E-state index contributed by atoms with van der Waals surface area (Å²) in [6.07, 6.45) is -3.49. The fourth-order valence-electron chi connectivity index (χ4n) is 2.65. The van der Waals surface area contributed by atoms with Crippen LogP contribution < -0.4 is 20.5 Å². The lowest BCUT2D eigenvalue weighted by Crippen LogP contribution is -2.16. The van der Waals surface area contributed by atoms with Crippen LogP contribution in [0.25, 0.3) is 0 Å². The second-order valence-corrected chi connectivity index (χ2v) is 6.39. The highest BCUT2D eigenvalue weighted by Crippen LogP contribution is 2.36. The van der Waals surface area contributed by atoms with Crippen molar-refractivity contribution in [2.45, 2.75) is 6.18 Å². The number of pyridine rings is 1. The molecule has 1 heterocycles. The largest absolute Gasteiger partial charge is 0.497 e. The Labute approximate surface area is 178 Å². The minimum absolute atomic E-state index is 0.0637. The quantitative estimate of drug-likeness (QED) is 0.544. The lowest BCUT2D eigenvalue weighted by atomic mass is 10.1. The van der Waals surface area contributed by atoms with Crippen molar-refractivity contribution < 1.29 is 36.6 Å². The highest BCUT2D eigenvalue weighted by Gasteiger charge is 2.32. The third kappa shape index (κ3) is 5.31. The number of primary amides is 1. The van der Waals surface area contributed by atoms with E-state index in [1.54, 1.807) is 0 Å². The fraction of sp³-hybridized carbons (Fsp3) is 0.0952. The Morgan fingerprint density at radius 1 is 1.03 bits per heavy atom. The van der Waals surface area contributed by atoms with E-state index in [9.17, 15) is 27.2 Å². The van der Waals surface area contributed by atoms with Crippen molar-refractivity contribution in [2.75, 3.05) is 12.4 Å². The van der Waals surface area contributed by atoms with Crippen LogP contribution in [0.3, 0.4) is 0 Å². The number of nitrogens with one attached hydrogen (secondary N) is 1. The summed E-state index contributed by atoms with van der Waals surface area (Å²) >= 11 is 0. The van der Waals surface area contributed by atoms with Gasteiger partial charge in [0.25, 0.3) is 11.8 Å². The summed E-state index contributed by atoms with van der Waals surface area (Å²) in [6, 6.07) is 8.00. The Bertz CT molecular complexity index is 1180. The molecule has 11 heteroatoms. The summed E-state index contributed by atoms with van der Waals surface area (Å²) in [4.78, 5) is 27.7. The molecule has 0 spiro atoms. The number of methoxy groups -OCH3 is 1. The maximum absolute atomic E-state index is 13.8. The number of halogens is 4. The van der Waals surface area contributed by atoms with E-state index in [0.717, 1.165) is 18.2 Å². The number of hydrogen-bond donors (Lipinski definition) is 2. The van der Waals surface area contributed by atoms with Crippen LogP contribution in [-0.4, -0.2) is 23.9 Å². The van der Waals surface area contributed by atoms with Crippen molar-refractivity contribution in [2.24, 2.45) is 5.73 Å². The molecule has 0 aliphatic rings. The number of alkyl halides is 3. The van der Waals surface area contributed by atoms with Crippen LogP contribution in [0.4, 0.5) is 23.2 Å². The van der Waals surface area contributed by atoms with E-state index in [1.807, 2.05) is 0 Å². The van der Waals surface area contributed by atoms with E-state index in [0.29, 0.717) is 12.1 Å². The molecule has 0 aliphatic heterocycles. The Kier molecular flexibility index (Phi) is 6.28. The Morgan fingerprint density at radius 3 is 2.41 bits per heavy atom. The van der Waals surface area contributed by atoms with Gasteiger partial charge in [0.15, 0.2) is 0 Å². The van der Waals surface area contributed by atoms with Gasteiger partial charge in [-0.3, -0.25) is 14.6 Å². The van der Waals surface area contributed by atoms with E-state index in [2.05, 4.69) is 10.3 Å². The number of benzene rings is 2. The molecule has 3 N–H and O–H groups in total. The molecule has 0 bridgehead atoms. The van der Waals surface area contributed by atoms with Gasteiger partial charge in [-0.2, -0.15) is 13.2 Å². The van der Waals surface area contributed by atoms with Gasteiger partial charge in [0, 0.05) is 30.1 Å². The average molecular weight is 449 g/mol. The van der Waals surface area contributed by atoms with Gasteiger partial charge < -0.3 is 20.5 Å². The number of amides is 2. The molecule has 0 saturated carbocycles. The number of carbonyl (C=O) groups excluding carboxylic acids is 2. The zero-order valence-corrected chi connectivity index (χ0v) is 16.4. The third-order valence-corrected chi connectivity index (χ3v) is 4.13. The van der Waals surface area contributed by atoms with E-state index in [4.69, 9.17) is 15.2 Å². The Balaban J connectivity index is 1.99. The smallest absolute Gasteiger partial charge is 0.416 e. The predicted octanol–water partition coefficient (Wildman–Crippen LogP) is 4.39. The molecular weight excluding hydrogens is 434 g/mol. The number of rotatable bonds is 6. The average Bonchev–Trinajstić information content (AvgIpc) is 2.72. The van der Waals surface area contributed by atoms with Gasteiger partial charge in [-0.25, -0.2) is 4.39 Å². The Hall–Kier alpha value is -4.15. The summed E-state index contributed by atoms with van der Waals surface area (Å²) in [5, 5.41) is 2.43. The summed E-state index contributed by atoms with van der Waals surface area (Å²) in [6.45, 7) is 0. The van der Waals surface area contributed by atoms with E-state index in [1.165, 1.54) is 31.5 Å². The minimum atomic E-state index is -4.71. The molecule has 3 aromatic rings. The highest BCUT2D eigenvalue weighted by atomic mass is 19.4. The Morgan fingerprint density at radius 2 is 1.75 bits per heavy atom. The normalized spacial score (nSPS) is 11.0. The van der Waals surface area contributed by atoms with E-state index >= 15 is 0 Å². The summed E-state index contributed by atoms with van der Waals surface area (Å²) in [5.41, 5.74) is 3.79. The summed E-state index contributed by atoms with van der Waals surface area (Å²) < 4.78 is 63.7. The first-order chi connectivity index (χ1) is 15.1. The molecule has 32 heavy (non-hydrogen) atoms. The number of hydrogen-bond acceptors (Lipinski definition) is 5. The van der Waals surface area contributed by atoms with Crippen LogP contribution in [0.15, 0.2) is 54.7 Å². The molecule has 0 atom stereocenters. The number of nitrogens with two attached hydrogens (primary N) is 1. The van der Waals surface area contributed by atoms with Gasteiger partial charge in [-0.05, 0) is 30.3 Å². The van der Waals surface area contributed by atoms with Gasteiger partial charge in [0.05, 0.1) is 18.2 Å². The molecule has 7 nitrogen and oxygen atoms in total. The number of aromatic nitrogens is 1. The van der Waals surface area contributed by atoms with Crippen molar-refractivity contribution in [1.82, 2.24) is 4.98 Å². The van der Waals surface area contributed by atoms with Crippen LogP contribution in [0.1, 0.15) is 26.4 Å². The maximum Gasteiger partial charge on any atom is 0.416 e. The molecule has 0 fully saturated rings. The van der Waals surface area contributed by atoms with Crippen molar-refractivity contribution in [3.8, 4) is 17.2 Å². The summed E-state index contributed by atoms with van der Waals surface area (Å²) in [7, 11) is 1.27. The number of ether oxygens (including phenoxy) is 2. The molecule has 3 rings (SSSR count). The van der Waals surface area contributed by atoms with Crippen LogP contribution in [-0.2, 0) is 6.18 Å².